The average Bonchev–Trinajstić information content (AvgIpc) is 3.08. The van der Waals surface area contributed by atoms with Gasteiger partial charge in [0.05, 0.1) is 11.2 Å². The molecule has 0 aromatic carbocycles. The Kier molecular flexibility index (Phi) is 4.94. The molecule has 10 nitrogen and oxygen atoms in total. The van der Waals surface area contributed by atoms with Gasteiger partial charge in [0.1, 0.15) is 23.7 Å². The molecule has 2 rings (SSSR count). The van der Waals surface area contributed by atoms with Gasteiger partial charge < -0.3 is 34.9 Å². The van der Waals surface area contributed by atoms with Crippen LogP contribution in [0, 0.1) is 0 Å². The van der Waals surface area contributed by atoms with E-state index < -0.39 is 18.1 Å². The van der Waals surface area contributed by atoms with Gasteiger partial charge in [-0.05, 0) is 12.1 Å². The van der Waals surface area contributed by atoms with Crippen molar-refractivity contribution < 1.29 is 24.6 Å². The normalized spacial score (nSPS) is 10.1. The second-order valence-electron chi connectivity index (χ2n) is 4.52. The Hall–Kier alpha value is -3.21. The number of amides is 3. The van der Waals surface area contributed by atoms with E-state index in [0.29, 0.717) is 9.80 Å². The number of hydrogen-bond donors (Lipinski definition) is 1. The summed E-state index contributed by atoms with van der Waals surface area (Å²) < 4.78 is 0. The van der Waals surface area contributed by atoms with Crippen LogP contribution >= 0.6 is 11.3 Å². The smallest absolute Gasteiger partial charge is 0.275 e. The molecule has 0 saturated carbocycles. The molecule has 24 heavy (non-hydrogen) atoms. The maximum absolute atomic E-state index is 12.1. The summed E-state index contributed by atoms with van der Waals surface area (Å²) in [5.74, 6) is -0.846. The van der Waals surface area contributed by atoms with E-state index in [1.54, 1.807) is 0 Å². The molecule has 0 radical (unpaired) electrons. The molecule has 2 heterocycles. The quantitative estimate of drug-likeness (QED) is 0.773. The SMILES string of the molecule is CN(C(=O)[O-])c1ccc(NC(=O)c2cscn2)c(N(C)C(=O)[O-])n1. The minimum Gasteiger partial charge on any atom is -0.530 e. The van der Waals surface area contributed by atoms with Gasteiger partial charge in [0.15, 0.2) is 5.82 Å². The highest BCUT2D eigenvalue weighted by Gasteiger charge is 2.17. The zero-order chi connectivity index (χ0) is 17.9. The molecule has 0 aliphatic carbocycles. The zero-order valence-electron chi connectivity index (χ0n) is 12.5. The van der Waals surface area contributed by atoms with Crippen LogP contribution in [0.5, 0.6) is 0 Å². The minimum absolute atomic E-state index is 0.0511. The Labute approximate surface area is 140 Å². The van der Waals surface area contributed by atoms with Crippen molar-refractivity contribution in [2.24, 2.45) is 0 Å². The van der Waals surface area contributed by atoms with Crippen LogP contribution < -0.4 is 25.3 Å². The molecule has 0 bridgehead atoms. The molecule has 2 aromatic rings. The Bertz CT molecular complexity index is 779. The summed E-state index contributed by atoms with van der Waals surface area (Å²) in [4.78, 5) is 43.1. The van der Waals surface area contributed by atoms with Crippen LogP contribution in [0.2, 0.25) is 0 Å². The van der Waals surface area contributed by atoms with Crippen molar-refractivity contribution in [3.05, 3.63) is 28.7 Å². The summed E-state index contributed by atoms with van der Waals surface area (Å²) in [6.07, 6.45) is -3.11. The topological polar surface area (TPSA) is 142 Å². The fourth-order valence-corrected chi connectivity index (χ4v) is 2.20. The molecule has 126 valence electrons. The number of nitrogens with zero attached hydrogens (tertiary/aromatic N) is 4. The standard InChI is InChI=1S/C13H13N5O5S/c1-17(12(20)21)9-4-3-7(10(16-9)18(2)13(22)23)15-11(19)8-5-24-6-14-8/h3-6H,1-2H3,(H,15,19)(H,20,21)(H,22,23)/p-2. The summed E-state index contributed by atoms with van der Waals surface area (Å²) >= 11 is 1.22. The monoisotopic (exact) mass is 349 g/mol. The lowest BCUT2D eigenvalue weighted by molar-refractivity contribution is -0.246. The second-order valence-corrected chi connectivity index (χ2v) is 5.24. The highest BCUT2D eigenvalue weighted by atomic mass is 32.1. The molecule has 0 saturated heterocycles. The lowest BCUT2D eigenvalue weighted by Crippen LogP contribution is -2.41. The first kappa shape index (κ1) is 17.1. The first-order valence-electron chi connectivity index (χ1n) is 6.41. The first-order valence-corrected chi connectivity index (χ1v) is 7.35. The maximum Gasteiger partial charge on any atom is 0.275 e. The van der Waals surface area contributed by atoms with E-state index in [-0.39, 0.29) is 23.0 Å². The fourth-order valence-electron chi connectivity index (χ4n) is 1.67. The van der Waals surface area contributed by atoms with Crippen LogP contribution in [0.15, 0.2) is 23.0 Å². The number of hydrogen-bond acceptors (Lipinski definition) is 8. The lowest BCUT2D eigenvalue weighted by Gasteiger charge is -2.25. The summed E-state index contributed by atoms with van der Waals surface area (Å²) in [7, 11) is 2.34. The highest BCUT2D eigenvalue weighted by molar-refractivity contribution is 7.07. The van der Waals surface area contributed by atoms with Crippen molar-refractivity contribution in [2.75, 3.05) is 29.2 Å². The van der Waals surface area contributed by atoms with E-state index in [1.807, 2.05) is 0 Å². The Balaban J connectivity index is 2.40. The number of carboxylic acid groups (broad SMARTS) is 2. The molecule has 0 aliphatic rings. The summed E-state index contributed by atoms with van der Waals surface area (Å²) in [5.41, 5.74) is 1.67. The van der Waals surface area contributed by atoms with Crippen molar-refractivity contribution in [3.63, 3.8) is 0 Å². The molecule has 2 aromatic heterocycles. The first-order chi connectivity index (χ1) is 11.3. The number of pyridine rings is 1. The van der Waals surface area contributed by atoms with E-state index in [1.165, 1.54) is 41.4 Å². The van der Waals surface area contributed by atoms with Crippen LogP contribution in [0.4, 0.5) is 26.9 Å². The van der Waals surface area contributed by atoms with E-state index >= 15 is 0 Å². The number of carbonyl (C=O) groups excluding carboxylic acids is 3. The molecule has 1 N–H and O–H groups in total. The molecule has 11 heteroatoms. The Morgan fingerprint density at radius 3 is 2.33 bits per heavy atom. The van der Waals surface area contributed by atoms with Crippen LogP contribution in [0.3, 0.4) is 0 Å². The fraction of sp³-hybridized carbons (Fsp3) is 0.154. The number of nitrogens with one attached hydrogen (secondary N) is 1. The van der Waals surface area contributed by atoms with E-state index in [0.717, 1.165) is 7.05 Å². The third-order valence-electron chi connectivity index (χ3n) is 2.98. The second kappa shape index (κ2) is 6.91. The third kappa shape index (κ3) is 3.57. The maximum atomic E-state index is 12.1. The van der Waals surface area contributed by atoms with Gasteiger partial charge in [0.25, 0.3) is 5.91 Å². The molecule has 0 atom stereocenters. The average molecular weight is 349 g/mol. The van der Waals surface area contributed by atoms with Crippen LogP contribution in [0.1, 0.15) is 10.5 Å². The van der Waals surface area contributed by atoms with Crippen molar-refractivity contribution >= 4 is 46.8 Å². The van der Waals surface area contributed by atoms with Gasteiger partial charge in [-0.25, -0.2) is 9.97 Å². The van der Waals surface area contributed by atoms with Crippen molar-refractivity contribution in [2.45, 2.75) is 0 Å². The largest absolute Gasteiger partial charge is 0.530 e. The number of rotatable bonds is 4. The molecular weight excluding hydrogens is 338 g/mol. The lowest BCUT2D eigenvalue weighted by atomic mass is 10.3. The minimum atomic E-state index is -1.58. The predicted octanol–water partition coefficient (Wildman–Crippen LogP) is -0.651. The molecular formula is C13H11N5O5S-2. The number of thiazole rings is 1. The summed E-state index contributed by atoms with van der Waals surface area (Å²) in [6.45, 7) is 0. The van der Waals surface area contributed by atoms with Gasteiger partial charge in [-0.1, -0.05) is 0 Å². The van der Waals surface area contributed by atoms with E-state index in [9.17, 15) is 24.6 Å². The van der Waals surface area contributed by atoms with Crippen molar-refractivity contribution in [1.29, 1.82) is 0 Å². The van der Waals surface area contributed by atoms with Crippen LogP contribution in [-0.2, 0) is 0 Å². The van der Waals surface area contributed by atoms with Crippen molar-refractivity contribution in [3.8, 4) is 0 Å². The Morgan fingerprint density at radius 1 is 1.12 bits per heavy atom. The van der Waals surface area contributed by atoms with Gasteiger partial charge >= 0.3 is 0 Å². The number of aromatic nitrogens is 2. The highest BCUT2D eigenvalue weighted by Crippen LogP contribution is 2.26. The predicted molar refractivity (Wildman–Crippen MR) is 81.9 cm³/mol. The molecule has 0 spiro atoms. The number of anilines is 3. The summed E-state index contributed by atoms with van der Waals surface area (Å²) in [5, 5.41) is 26.0. The van der Waals surface area contributed by atoms with Gasteiger partial charge in [-0.15, -0.1) is 11.3 Å². The Morgan fingerprint density at radius 2 is 1.79 bits per heavy atom. The zero-order valence-corrected chi connectivity index (χ0v) is 13.4. The third-order valence-corrected chi connectivity index (χ3v) is 3.57. The molecule has 0 fully saturated rings. The summed E-state index contributed by atoms with van der Waals surface area (Å²) in [6, 6.07) is 2.61. The van der Waals surface area contributed by atoms with Crippen LogP contribution in [0.25, 0.3) is 0 Å². The molecule has 0 aliphatic heterocycles. The van der Waals surface area contributed by atoms with E-state index in [4.69, 9.17) is 0 Å². The van der Waals surface area contributed by atoms with Crippen molar-refractivity contribution in [1.82, 2.24) is 9.97 Å². The molecule has 3 amide bonds. The van der Waals surface area contributed by atoms with Gasteiger partial charge in [-0.3, -0.25) is 4.79 Å². The van der Waals surface area contributed by atoms with Gasteiger partial charge in [0.2, 0.25) is 0 Å². The number of carbonyl (C=O) groups is 3. The van der Waals surface area contributed by atoms with Crippen LogP contribution in [-0.4, -0.2) is 42.2 Å². The van der Waals surface area contributed by atoms with Gasteiger partial charge in [-0.2, -0.15) is 0 Å². The molecule has 0 unspecified atom stereocenters. The van der Waals surface area contributed by atoms with E-state index in [2.05, 4.69) is 15.3 Å². The van der Waals surface area contributed by atoms with Gasteiger partial charge in [0, 0.05) is 19.5 Å².